The van der Waals surface area contributed by atoms with E-state index < -0.39 is 0 Å². The van der Waals surface area contributed by atoms with Gasteiger partial charge in [0.1, 0.15) is 18.9 Å². The molecule has 5 saturated heterocycles. The summed E-state index contributed by atoms with van der Waals surface area (Å²) >= 11 is 0. The number of benzene rings is 1. The lowest BCUT2D eigenvalue weighted by molar-refractivity contribution is -0.136. The number of amides is 2. The van der Waals surface area contributed by atoms with E-state index in [1.807, 2.05) is 12.1 Å². The van der Waals surface area contributed by atoms with Crippen molar-refractivity contribution >= 4 is 12.0 Å². The van der Waals surface area contributed by atoms with Crippen LogP contribution in [0.2, 0.25) is 0 Å². The Bertz CT molecular complexity index is 777. The van der Waals surface area contributed by atoms with Gasteiger partial charge in [0.05, 0.1) is 19.7 Å². The van der Waals surface area contributed by atoms with Crippen LogP contribution >= 0.6 is 0 Å². The third-order valence-corrected chi connectivity index (χ3v) is 7.01. The first kappa shape index (κ1) is 17.8. The molecule has 7 nitrogen and oxygen atoms in total. The van der Waals surface area contributed by atoms with Crippen LogP contribution in [0.15, 0.2) is 24.3 Å². The van der Waals surface area contributed by atoms with Gasteiger partial charge in [-0.1, -0.05) is 12.1 Å². The second-order valence-electron chi connectivity index (χ2n) is 8.32. The van der Waals surface area contributed by atoms with Gasteiger partial charge in [0.25, 0.3) is 0 Å². The first-order valence-corrected chi connectivity index (χ1v) is 10.2. The number of likely N-dealkylation sites (tertiary alicyclic amines) is 1. The van der Waals surface area contributed by atoms with E-state index >= 15 is 0 Å². The minimum Gasteiger partial charge on any atom is -0.497 e. The van der Waals surface area contributed by atoms with E-state index in [2.05, 4.69) is 21.9 Å². The number of rotatable bonds is 4. The van der Waals surface area contributed by atoms with E-state index in [1.54, 1.807) is 7.11 Å². The van der Waals surface area contributed by atoms with E-state index in [0.29, 0.717) is 31.7 Å². The Labute approximate surface area is 165 Å². The maximum atomic E-state index is 13.2. The normalized spacial score (nSPS) is 33.8. The lowest BCUT2D eigenvalue weighted by Gasteiger charge is -2.51. The number of methoxy groups -OCH3 is 1. The molecule has 2 bridgehead atoms. The average Bonchev–Trinajstić information content (AvgIpc) is 3.34. The minimum atomic E-state index is -0.373. The summed E-state index contributed by atoms with van der Waals surface area (Å²) in [6.07, 6.45) is 1.94. The molecule has 0 radical (unpaired) electrons. The van der Waals surface area contributed by atoms with Crippen LogP contribution in [0.4, 0.5) is 4.79 Å². The van der Waals surface area contributed by atoms with Gasteiger partial charge in [-0.25, -0.2) is 4.79 Å². The topological polar surface area (TPSA) is 62.3 Å². The van der Waals surface area contributed by atoms with Crippen LogP contribution in [-0.2, 0) is 9.53 Å². The molecule has 5 aliphatic rings. The van der Waals surface area contributed by atoms with Gasteiger partial charge in [0, 0.05) is 18.5 Å². The maximum Gasteiger partial charge on any atom is 0.410 e. The summed E-state index contributed by atoms with van der Waals surface area (Å²) in [5.74, 6) is 1.74. The molecule has 0 spiro atoms. The van der Waals surface area contributed by atoms with Crippen LogP contribution < -0.4 is 4.74 Å². The highest BCUT2D eigenvalue weighted by molar-refractivity contribution is 5.83. The Morgan fingerprint density at radius 2 is 2.04 bits per heavy atom. The molecule has 6 rings (SSSR count). The van der Waals surface area contributed by atoms with Crippen molar-refractivity contribution in [1.82, 2.24) is 14.7 Å². The third-order valence-electron chi connectivity index (χ3n) is 7.01. The van der Waals surface area contributed by atoms with E-state index in [9.17, 15) is 9.59 Å². The number of cyclic esters (lactones) is 1. The van der Waals surface area contributed by atoms with Crippen LogP contribution in [-0.4, -0.2) is 85.2 Å². The number of piperidine rings is 3. The molecule has 7 heteroatoms. The van der Waals surface area contributed by atoms with Gasteiger partial charge in [-0.3, -0.25) is 14.6 Å². The quantitative estimate of drug-likeness (QED) is 0.787. The van der Waals surface area contributed by atoms with Crippen molar-refractivity contribution in [3.63, 3.8) is 0 Å². The number of hydrogen-bond acceptors (Lipinski definition) is 5. The minimum absolute atomic E-state index is 0.0491. The predicted molar refractivity (Wildman–Crippen MR) is 102 cm³/mol. The van der Waals surface area contributed by atoms with Crippen molar-refractivity contribution in [3.8, 4) is 5.75 Å². The molecule has 0 saturated carbocycles. The van der Waals surface area contributed by atoms with Crippen LogP contribution in [0, 0.1) is 5.92 Å². The van der Waals surface area contributed by atoms with Crippen molar-refractivity contribution in [2.75, 3.05) is 46.4 Å². The van der Waals surface area contributed by atoms with Gasteiger partial charge >= 0.3 is 6.09 Å². The molecule has 28 heavy (non-hydrogen) atoms. The molecule has 5 aliphatic heterocycles. The monoisotopic (exact) mass is 385 g/mol. The molecule has 5 fully saturated rings. The Morgan fingerprint density at radius 3 is 2.75 bits per heavy atom. The highest BCUT2D eigenvalue weighted by Crippen LogP contribution is 2.46. The molecular weight excluding hydrogens is 358 g/mol. The largest absolute Gasteiger partial charge is 0.497 e. The van der Waals surface area contributed by atoms with E-state index in [1.165, 1.54) is 10.5 Å². The van der Waals surface area contributed by atoms with Gasteiger partial charge in [0.2, 0.25) is 5.91 Å². The van der Waals surface area contributed by atoms with E-state index in [4.69, 9.17) is 9.47 Å². The summed E-state index contributed by atoms with van der Waals surface area (Å²) in [7, 11) is 1.69. The second-order valence-corrected chi connectivity index (χ2v) is 8.32. The molecule has 0 aliphatic carbocycles. The van der Waals surface area contributed by atoms with Crippen LogP contribution in [0.25, 0.3) is 0 Å². The molecule has 150 valence electrons. The number of carbonyl (C=O) groups is 2. The van der Waals surface area contributed by atoms with Crippen molar-refractivity contribution in [2.45, 2.75) is 30.8 Å². The van der Waals surface area contributed by atoms with Gasteiger partial charge in [-0.05, 0) is 49.5 Å². The smallest absolute Gasteiger partial charge is 0.410 e. The zero-order chi connectivity index (χ0) is 19.3. The van der Waals surface area contributed by atoms with Crippen molar-refractivity contribution < 1.29 is 19.1 Å². The van der Waals surface area contributed by atoms with Gasteiger partial charge in [0.15, 0.2) is 0 Å². The fraction of sp³-hybridized carbons (Fsp3) is 0.619. The number of ether oxygens (including phenoxy) is 2. The summed E-state index contributed by atoms with van der Waals surface area (Å²) in [5, 5.41) is 0. The van der Waals surface area contributed by atoms with Crippen LogP contribution in [0.5, 0.6) is 5.75 Å². The van der Waals surface area contributed by atoms with Gasteiger partial charge in [-0.15, -0.1) is 0 Å². The SMILES string of the molecule is COc1cccc([C@H]2CN(C(=O)CN3CCOC3=O)[C@@H]3C4CCN(CC4)[C@H]23)c1. The lowest BCUT2D eigenvalue weighted by Crippen LogP contribution is -2.61. The summed E-state index contributed by atoms with van der Waals surface area (Å²) < 4.78 is 10.4. The fourth-order valence-corrected chi connectivity index (χ4v) is 5.69. The van der Waals surface area contributed by atoms with Crippen LogP contribution in [0.1, 0.15) is 24.3 Å². The lowest BCUT2D eigenvalue weighted by atomic mass is 9.75. The molecule has 0 N–H and O–H groups in total. The molecule has 3 atom stereocenters. The Hall–Kier alpha value is -2.28. The van der Waals surface area contributed by atoms with Crippen molar-refractivity contribution in [1.29, 1.82) is 0 Å². The van der Waals surface area contributed by atoms with E-state index in [0.717, 1.165) is 31.7 Å². The number of nitrogens with zero attached hydrogens (tertiary/aromatic N) is 3. The average molecular weight is 385 g/mol. The summed E-state index contributed by atoms with van der Waals surface area (Å²) in [4.78, 5) is 31.2. The van der Waals surface area contributed by atoms with Crippen molar-refractivity contribution in [3.05, 3.63) is 29.8 Å². The third kappa shape index (κ3) is 2.83. The zero-order valence-electron chi connectivity index (χ0n) is 16.3. The van der Waals surface area contributed by atoms with Crippen molar-refractivity contribution in [2.24, 2.45) is 5.92 Å². The Morgan fingerprint density at radius 1 is 1.21 bits per heavy atom. The summed E-state index contributed by atoms with van der Waals surface area (Å²) in [6, 6.07) is 8.85. The molecular formula is C21H27N3O4. The molecule has 2 amide bonds. The highest BCUT2D eigenvalue weighted by Gasteiger charge is 2.54. The number of fused-ring (bicyclic) bond motifs is 2. The number of hydrogen-bond donors (Lipinski definition) is 0. The fourth-order valence-electron chi connectivity index (χ4n) is 5.69. The first-order chi connectivity index (χ1) is 13.7. The molecule has 1 aromatic carbocycles. The molecule has 5 heterocycles. The zero-order valence-corrected chi connectivity index (χ0v) is 16.3. The van der Waals surface area contributed by atoms with Gasteiger partial charge < -0.3 is 14.4 Å². The van der Waals surface area contributed by atoms with Gasteiger partial charge in [-0.2, -0.15) is 0 Å². The molecule has 0 aromatic heterocycles. The Balaban J connectivity index is 1.43. The Kier molecular flexibility index (Phi) is 4.42. The standard InChI is InChI=1S/C21H27N3O4/c1-27-16-4-2-3-15(11-16)17-12-24(18(25)13-23-9-10-28-21(23)26)19-14-5-7-22(8-6-14)20(17)19/h2-4,11,14,17,19-20H,5-10,12-13H2,1H3/t17-,19-,20-/m1/s1. The summed E-state index contributed by atoms with van der Waals surface area (Å²) in [6.45, 7) is 3.94. The molecule has 0 unspecified atom stereocenters. The highest BCUT2D eigenvalue weighted by atomic mass is 16.6. The molecule has 1 aromatic rings. The first-order valence-electron chi connectivity index (χ1n) is 10.2. The van der Waals surface area contributed by atoms with E-state index in [-0.39, 0.29) is 30.5 Å². The predicted octanol–water partition coefficient (Wildman–Crippen LogP) is 1.54. The maximum absolute atomic E-state index is 13.2. The number of carbonyl (C=O) groups excluding carboxylic acids is 2. The van der Waals surface area contributed by atoms with Crippen LogP contribution in [0.3, 0.4) is 0 Å². The second kappa shape index (κ2) is 6.95. The summed E-state index contributed by atoms with van der Waals surface area (Å²) in [5.41, 5.74) is 1.23.